The minimum Gasteiger partial charge on any atom is -0.464 e. The Morgan fingerprint density at radius 3 is 2.67 bits per heavy atom. The highest BCUT2D eigenvalue weighted by atomic mass is 32.1. The van der Waals surface area contributed by atoms with Crippen molar-refractivity contribution in [2.45, 2.75) is 26.3 Å². The summed E-state index contributed by atoms with van der Waals surface area (Å²) in [5.41, 5.74) is 0.294. The predicted molar refractivity (Wildman–Crippen MR) is 83.1 cm³/mol. The van der Waals surface area contributed by atoms with E-state index in [1.807, 2.05) is 12.1 Å². The Balaban J connectivity index is 2.28. The fraction of sp³-hybridized carbons (Fsp3) is 0.312. The summed E-state index contributed by atoms with van der Waals surface area (Å²) in [6.45, 7) is 4.10. The fourth-order valence-corrected chi connectivity index (χ4v) is 2.94. The maximum absolute atomic E-state index is 13.8. The average Bonchev–Trinajstić information content (AvgIpc) is 2.95. The van der Waals surface area contributed by atoms with Gasteiger partial charge in [-0.25, -0.2) is 9.18 Å². The number of nitrogens with one attached hydrogen (secondary N) is 1. The Bertz CT molecular complexity index is 612. The van der Waals surface area contributed by atoms with Crippen LogP contribution in [-0.4, -0.2) is 12.6 Å². The lowest BCUT2D eigenvalue weighted by atomic mass is 10.2. The summed E-state index contributed by atoms with van der Waals surface area (Å²) in [4.78, 5) is 14.2. The van der Waals surface area contributed by atoms with E-state index >= 15 is 0 Å². The minimum atomic E-state index is -0.688. The van der Waals surface area contributed by atoms with Crippen molar-refractivity contribution in [3.05, 3.63) is 52.0 Å². The van der Waals surface area contributed by atoms with Gasteiger partial charge in [-0.2, -0.15) is 0 Å². The molecule has 5 heteroatoms. The molecule has 0 saturated carbocycles. The van der Waals surface area contributed by atoms with Gasteiger partial charge in [-0.3, -0.25) is 0 Å². The molecule has 112 valence electrons. The van der Waals surface area contributed by atoms with Crippen LogP contribution in [0.3, 0.4) is 0 Å². The summed E-state index contributed by atoms with van der Waals surface area (Å²) in [5, 5.41) is 2.95. The van der Waals surface area contributed by atoms with E-state index in [9.17, 15) is 9.18 Å². The van der Waals surface area contributed by atoms with Crippen molar-refractivity contribution in [1.29, 1.82) is 0 Å². The lowest BCUT2D eigenvalue weighted by Crippen LogP contribution is -2.23. The van der Waals surface area contributed by atoms with Gasteiger partial charge in [0.25, 0.3) is 0 Å². The number of rotatable bonds is 6. The first-order valence-electron chi connectivity index (χ1n) is 6.92. The van der Waals surface area contributed by atoms with Gasteiger partial charge >= 0.3 is 5.97 Å². The lowest BCUT2D eigenvalue weighted by Gasteiger charge is -2.17. The maximum Gasteiger partial charge on any atom is 0.334 e. The number of benzene rings is 1. The molecule has 1 atom stereocenters. The van der Waals surface area contributed by atoms with Gasteiger partial charge in [0, 0.05) is 9.75 Å². The standard InChI is InChI=1S/C16H18FNO2S/c1-3-11-9-10-14(21-11)15(16(19)20-4-2)18-13-8-6-5-7-12(13)17/h5-10,15,18H,3-4H2,1-2H3. The molecule has 1 N–H and O–H groups in total. The predicted octanol–water partition coefficient (Wildman–Crippen LogP) is 4.17. The summed E-state index contributed by atoms with van der Waals surface area (Å²) in [6.07, 6.45) is 0.903. The van der Waals surface area contributed by atoms with Crippen molar-refractivity contribution >= 4 is 23.0 Å². The molecule has 0 spiro atoms. The molecule has 0 bridgehead atoms. The third-order valence-electron chi connectivity index (χ3n) is 3.01. The molecule has 1 heterocycles. The SMILES string of the molecule is CCOC(=O)C(Nc1ccccc1F)c1ccc(CC)s1. The van der Waals surface area contributed by atoms with E-state index in [-0.39, 0.29) is 5.82 Å². The number of esters is 1. The van der Waals surface area contributed by atoms with E-state index in [1.165, 1.54) is 22.3 Å². The smallest absolute Gasteiger partial charge is 0.334 e. The number of hydrogen-bond donors (Lipinski definition) is 1. The lowest BCUT2D eigenvalue weighted by molar-refractivity contribution is -0.144. The summed E-state index contributed by atoms with van der Waals surface area (Å²) in [7, 11) is 0. The third-order valence-corrected chi connectivity index (χ3v) is 4.31. The first-order chi connectivity index (χ1) is 10.2. The molecule has 1 unspecified atom stereocenters. The van der Waals surface area contributed by atoms with Crippen LogP contribution in [0, 0.1) is 5.82 Å². The number of aryl methyl sites for hydroxylation is 1. The van der Waals surface area contributed by atoms with Crippen LogP contribution in [0.2, 0.25) is 0 Å². The molecule has 3 nitrogen and oxygen atoms in total. The first-order valence-corrected chi connectivity index (χ1v) is 7.73. The highest BCUT2D eigenvalue weighted by Gasteiger charge is 2.24. The summed E-state index contributed by atoms with van der Waals surface area (Å²) in [6, 6.07) is 9.48. The summed E-state index contributed by atoms with van der Waals surface area (Å²) < 4.78 is 18.9. The Morgan fingerprint density at radius 2 is 2.05 bits per heavy atom. The molecular weight excluding hydrogens is 289 g/mol. The van der Waals surface area contributed by atoms with Crippen LogP contribution in [-0.2, 0) is 16.0 Å². The first kappa shape index (κ1) is 15.5. The van der Waals surface area contributed by atoms with Crippen LogP contribution in [0.4, 0.5) is 10.1 Å². The quantitative estimate of drug-likeness (QED) is 0.814. The topological polar surface area (TPSA) is 38.3 Å². The third kappa shape index (κ3) is 3.82. The second-order valence-corrected chi connectivity index (χ2v) is 5.67. The highest BCUT2D eigenvalue weighted by molar-refractivity contribution is 7.12. The van der Waals surface area contributed by atoms with Gasteiger partial charge in [-0.15, -0.1) is 11.3 Å². The van der Waals surface area contributed by atoms with E-state index in [4.69, 9.17) is 4.74 Å². The van der Waals surface area contributed by atoms with Crippen LogP contribution < -0.4 is 5.32 Å². The molecule has 21 heavy (non-hydrogen) atoms. The van der Waals surface area contributed by atoms with Gasteiger partial charge < -0.3 is 10.1 Å². The second kappa shape index (κ2) is 7.22. The van der Waals surface area contributed by atoms with Gasteiger partial charge in [0.05, 0.1) is 12.3 Å². The van der Waals surface area contributed by atoms with E-state index < -0.39 is 12.0 Å². The number of para-hydroxylation sites is 1. The number of anilines is 1. The number of thiophene rings is 1. The zero-order chi connectivity index (χ0) is 15.2. The fourth-order valence-electron chi connectivity index (χ4n) is 1.95. The average molecular weight is 307 g/mol. The molecule has 0 amide bonds. The van der Waals surface area contributed by atoms with E-state index in [0.29, 0.717) is 12.3 Å². The highest BCUT2D eigenvalue weighted by Crippen LogP contribution is 2.28. The van der Waals surface area contributed by atoms with E-state index in [2.05, 4.69) is 12.2 Å². The summed E-state index contributed by atoms with van der Waals surface area (Å²) >= 11 is 1.53. The molecule has 0 saturated heterocycles. The van der Waals surface area contributed by atoms with Gasteiger partial charge in [0.15, 0.2) is 6.04 Å². The Hall–Kier alpha value is -1.88. The molecule has 1 aromatic heterocycles. The van der Waals surface area contributed by atoms with Crippen LogP contribution in [0.1, 0.15) is 29.6 Å². The largest absolute Gasteiger partial charge is 0.464 e. The van der Waals surface area contributed by atoms with Crippen molar-refractivity contribution in [3.8, 4) is 0 Å². The van der Waals surface area contributed by atoms with Gasteiger partial charge in [-0.1, -0.05) is 19.1 Å². The van der Waals surface area contributed by atoms with E-state index in [0.717, 1.165) is 11.3 Å². The summed E-state index contributed by atoms with van der Waals surface area (Å²) in [5.74, 6) is -0.788. The number of carbonyl (C=O) groups excluding carboxylic acids is 1. The van der Waals surface area contributed by atoms with Crippen LogP contribution in [0.5, 0.6) is 0 Å². The molecule has 0 radical (unpaired) electrons. The van der Waals surface area contributed by atoms with Crippen LogP contribution >= 0.6 is 11.3 Å². The van der Waals surface area contributed by atoms with Crippen LogP contribution in [0.25, 0.3) is 0 Å². The Kier molecular flexibility index (Phi) is 5.33. The molecule has 0 aliphatic heterocycles. The Morgan fingerprint density at radius 1 is 1.29 bits per heavy atom. The second-order valence-electron chi connectivity index (χ2n) is 4.47. The van der Waals surface area contributed by atoms with Gasteiger partial charge in [0.2, 0.25) is 0 Å². The van der Waals surface area contributed by atoms with E-state index in [1.54, 1.807) is 25.1 Å². The van der Waals surface area contributed by atoms with Gasteiger partial charge in [-0.05, 0) is 37.6 Å². The van der Waals surface area contributed by atoms with Crippen molar-refractivity contribution in [2.75, 3.05) is 11.9 Å². The minimum absolute atomic E-state index is 0.292. The zero-order valence-electron chi connectivity index (χ0n) is 12.1. The maximum atomic E-state index is 13.8. The number of hydrogen-bond acceptors (Lipinski definition) is 4. The number of ether oxygens (including phenoxy) is 1. The molecular formula is C16H18FNO2S. The normalized spacial score (nSPS) is 12.0. The van der Waals surface area contributed by atoms with Crippen molar-refractivity contribution in [1.82, 2.24) is 0 Å². The molecule has 1 aromatic carbocycles. The zero-order valence-corrected chi connectivity index (χ0v) is 12.9. The molecule has 0 fully saturated rings. The molecule has 2 aromatic rings. The van der Waals surface area contributed by atoms with Crippen molar-refractivity contribution < 1.29 is 13.9 Å². The van der Waals surface area contributed by atoms with Crippen molar-refractivity contribution in [3.63, 3.8) is 0 Å². The van der Waals surface area contributed by atoms with Crippen LogP contribution in [0.15, 0.2) is 36.4 Å². The van der Waals surface area contributed by atoms with Gasteiger partial charge in [0.1, 0.15) is 5.82 Å². The molecule has 0 aliphatic carbocycles. The molecule has 2 rings (SSSR count). The number of carbonyl (C=O) groups is 1. The van der Waals surface area contributed by atoms with Crippen molar-refractivity contribution in [2.24, 2.45) is 0 Å². The monoisotopic (exact) mass is 307 g/mol. The Labute approximate surface area is 127 Å². The molecule has 0 aliphatic rings. The number of halogens is 1.